The standard InChI is InChI=1S/C18H24N2O2/c1-22-16-8-3-2-7-15(16)20-10-9-12(11-20)19-18(21)17-13-5-4-6-14(13)17/h2-3,7-8,12-14,17H,4-6,9-11H2,1H3,(H,19,21)/t12-,13-,14+,17?/m0/s1. The molecule has 0 bridgehead atoms. The lowest BCUT2D eigenvalue weighted by molar-refractivity contribution is -0.123. The first-order valence-electron chi connectivity index (χ1n) is 8.46. The molecule has 4 atom stereocenters. The molecule has 3 aliphatic rings. The number of amides is 1. The minimum atomic E-state index is 0.277. The lowest BCUT2D eigenvalue weighted by Crippen LogP contribution is -2.38. The van der Waals surface area contributed by atoms with E-state index in [4.69, 9.17) is 4.74 Å². The Bertz CT molecular complexity index is 564. The number of nitrogens with one attached hydrogen (secondary N) is 1. The molecule has 1 heterocycles. The number of rotatable bonds is 4. The summed E-state index contributed by atoms with van der Waals surface area (Å²) in [5.74, 6) is 2.94. The Hall–Kier alpha value is -1.71. The van der Waals surface area contributed by atoms with E-state index in [0.29, 0.717) is 23.7 Å². The van der Waals surface area contributed by atoms with Crippen molar-refractivity contribution < 1.29 is 9.53 Å². The summed E-state index contributed by atoms with van der Waals surface area (Å²) in [5.41, 5.74) is 1.13. The van der Waals surface area contributed by atoms with E-state index in [1.807, 2.05) is 18.2 Å². The molecule has 2 aliphatic carbocycles. The third kappa shape index (κ3) is 2.34. The number of anilines is 1. The van der Waals surface area contributed by atoms with Gasteiger partial charge in [-0.3, -0.25) is 4.79 Å². The highest BCUT2D eigenvalue weighted by molar-refractivity contribution is 5.82. The van der Waals surface area contributed by atoms with Gasteiger partial charge < -0.3 is 15.0 Å². The maximum atomic E-state index is 12.4. The third-order valence-corrected chi connectivity index (χ3v) is 5.67. The summed E-state index contributed by atoms with van der Waals surface area (Å²) in [5, 5.41) is 3.29. The molecule has 3 fully saturated rings. The van der Waals surface area contributed by atoms with E-state index >= 15 is 0 Å². The Balaban J connectivity index is 1.35. The van der Waals surface area contributed by atoms with Gasteiger partial charge in [0.25, 0.3) is 0 Å². The van der Waals surface area contributed by atoms with Gasteiger partial charge in [-0.2, -0.15) is 0 Å². The number of methoxy groups -OCH3 is 1. The van der Waals surface area contributed by atoms with Crippen molar-refractivity contribution in [2.24, 2.45) is 17.8 Å². The number of hydrogen-bond acceptors (Lipinski definition) is 3. The normalized spacial score (nSPS) is 32.7. The van der Waals surface area contributed by atoms with Crippen LogP contribution in [0.3, 0.4) is 0 Å². The highest BCUT2D eigenvalue weighted by atomic mass is 16.5. The summed E-state index contributed by atoms with van der Waals surface area (Å²) >= 11 is 0. The van der Waals surface area contributed by atoms with Gasteiger partial charge in [-0.1, -0.05) is 18.6 Å². The van der Waals surface area contributed by atoms with Crippen LogP contribution in [0.4, 0.5) is 5.69 Å². The van der Waals surface area contributed by atoms with Crippen molar-refractivity contribution in [3.63, 3.8) is 0 Å². The molecule has 0 aromatic heterocycles. The van der Waals surface area contributed by atoms with Crippen LogP contribution in [-0.2, 0) is 4.79 Å². The molecule has 2 saturated carbocycles. The maximum absolute atomic E-state index is 12.4. The number of ether oxygens (including phenoxy) is 1. The quantitative estimate of drug-likeness (QED) is 0.928. The van der Waals surface area contributed by atoms with Crippen LogP contribution in [0.1, 0.15) is 25.7 Å². The van der Waals surface area contributed by atoms with E-state index in [1.54, 1.807) is 7.11 Å². The fraction of sp³-hybridized carbons (Fsp3) is 0.611. The zero-order chi connectivity index (χ0) is 15.1. The summed E-state index contributed by atoms with van der Waals surface area (Å²) < 4.78 is 5.44. The van der Waals surface area contributed by atoms with Gasteiger partial charge in [-0.25, -0.2) is 0 Å². The zero-order valence-corrected chi connectivity index (χ0v) is 13.1. The van der Waals surface area contributed by atoms with Crippen molar-refractivity contribution in [2.45, 2.75) is 31.7 Å². The van der Waals surface area contributed by atoms with Crippen LogP contribution in [0.15, 0.2) is 24.3 Å². The molecule has 1 aromatic rings. The number of benzene rings is 1. The second kappa shape index (κ2) is 5.49. The third-order valence-electron chi connectivity index (χ3n) is 5.67. The van der Waals surface area contributed by atoms with Crippen LogP contribution in [0.5, 0.6) is 5.75 Å². The first kappa shape index (κ1) is 13.9. The van der Waals surface area contributed by atoms with Gasteiger partial charge in [0, 0.05) is 25.0 Å². The first-order chi connectivity index (χ1) is 10.8. The Morgan fingerprint density at radius 2 is 2.00 bits per heavy atom. The van der Waals surface area contributed by atoms with E-state index in [9.17, 15) is 4.79 Å². The number of carbonyl (C=O) groups excluding carboxylic acids is 1. The smallest absolute Gasteiger partial charge is 0.223 e. The number of fused-ring (bicyclic) bond motifs is 1. The van der Waals surface area contributed by atoms with E-state index in [0.717, 1.165) is 30.9 Å². The Kier molecular flexibility index (Phi) is 3.47. The van der Waals surface area contributed by atoms with E-state index in [1.165, 1.54) is 19.3 Å². The van der Waals surface area contributed by atoms with Crippen molar-refractivity contribution in [2.75, 3.05) is 25.1 Å². The van der Waals surface area contributed by atoms with Crippen LogP contribution in [0.2, 0.25) is 0 Å². The SMILES string of the molecule is COc1ccccc1N1CC[C@H](NC(=O)C2[C@H]3CCC[C@@H]23)C1. The van der Waals surface area contributed by atoms with E-state index in [2.05, 4.69) is 16.3 Å². The average Bonchev–Trinajstić information content (AvgIpc) is 2.92. The van der Waals surface area contributed by atoms with Crippen LogP contribution < -0.4 is 15.0 Å². The minimum Gasteiger partial charge on any atom is -0.495 e. The highest BCUT2D eigenvalue weighted by Gasteiger charge is 2.56. The molecule has 118 valence electrons. The van der Waals surface area contributed by atoms with Gasteiger partial charge in [0.15, 0.2) is 0 Å². The van der Waals surface area contributed by atoms with Gasteiger partial charge in [0.05, 0.1) is 12.8 Å². The van der Waals surface area contributed by atoms with Gasteiger partial charge in [-0.15, -0.1) is 0 Å². The second-order valence-corrected chi connectivity index (χ2v) is 6.90. The lowest BCUT2D eigenvalue weighted by atomic mass is 10.1. The summed E-state index contributed by atoms with van der Waals surface area (Å²) in [6, 6.07) is 8.39. The van der Waals surface area contributed by atoms with Gasteiger partial charge in [0.1, 0.15) is 5.75 Å². The fourth-order valence-electron chi connectivity index (χ4n) is 4.50. The fourth-order valence-corrected chi connectivity index (χ4v) is 4.50. The molecule has 0 spiro atoms. The number of nitrogens with zero attached hydrogens (tertiary/aromatic N) is 1. The molecule has 22 heavy (non-hydrogen) atoms. The van der Waals surface area contributed by atoms with E-state index in [-0.39, 0.29) is 6.04 Å². The average molecular weight is 300 g/mol. The number of para-hydroxylation sites is 2. The minimum absolute atomic E-state index is 0.277. The molecule has 1 aliphatic heterocycles. The van der Waals surface area contributed by atoms with Crippen LogP contribution in [0.25, 0.3) is 0 Å². The van der Waals surface area contributed by atoms with Crippen molar-refractivity contribution in [3.8, 4) is 5.75 Å². The van der Waals surface area contributed by atoms with E-state index < -0.39 is 0 Å². The van der Waals surface area contributed by atoms with Crippen LogP contribution in [-0.4, -0.2) is 32.1 Å². The van der Waals surface area contributed by atoms with Gasteiger partial charge in [-0.05, 0) is 43.2 Å². The second-order valence-electron chi connectivity index (χ2n) is 6.90. The van der Waals surface area contributed by atoms with Gasteiger partial charge in [0.2, 0.25) is 5.91 Å². The molecule has 1 saturated heterocycles. The summed E-state index contributed by atoms with van der Waals surface area (Å²) in [4.78, 5) is 14.7. The largest absolute Gasteiger partial charge is 0.495 e. The van der Waals surface area contributed by atoms with Crippen molar-refractivity contribution in [3.05, 3.63) is 24.3 Å². The Labute approximate surface area is 131 Å². The molecule has 1 unspecified atom stereocenters. The Morgan fingerprint density at radius 3 is 2.77 bits per heavy atom. The van der Waals surface area contributed by atoms with Crippen LogP contribution in [0, 0.1) is 17.8 Å². The highest BCUT2D eigenvalue weighted by Crippen LogP contribution is 2.57. The number of hydrogen-bond donors (Lipinski definition) is 1. The molecule has 4 heteroatoms. The molecule has 1 amide bonds. The van der Waals surface area contributed by atoms with Crippen molar-refractivity contribution >= 4 is 11.6 Å². The summed E-state index contributed by atoms with van der Waals surface area (Å²) in [6.07, 6.45) is 4.87. The Morgan fingerprint density at radius 1 is 1.23 bits per heavy atom. The molecule has 0 radical (unpaired) electrons. The van der Waals surface area contributed by atoms with Crippen LogP contribution >= 0.6 is 0 Å². The molecule has 1 N–H and O–H groups in total. The lowest BCUT2D eigenvalue weighted by Gasteiger charge is -2.21. The summed E-state index contributed by atoms with van der Waals surface area (Å²) in [7, 11) is 1.71. The van der Waals surface area contributed by atoms with Gasteiger partial charge >= 0.3 is 0 Å². The monoisotopic (exact) mass is 300 g/mol. The molecular formula is C18H24N2O2. The number of carbonyl (C=O) groups is 1. The predicted molar refractivity (Wildman–Crippen MR) is 86.1 cm³/mol. The summed E-state index contributed by atoms with van der Waals surface area (Å²) in [6.45, 7) is 1.86. The predicted octanol–water partition coefficient (Wildman–Crippen LogP) is 2.44. The first-order valence-corrected chi connectivity index (χ1v) is 8.46. The molecule has 4 rings (SSSR count). The molecule has 1 aromatic carbocycles. The van der Waals surface area contributed by atoms with Crippen molar-refractivity contribution in [1.29, 1.82) is 0 Å². The molecular weight excluding hydrogens is 276 g/mol. The maximum Gasteiger partial charge on any atom is 0.223 e. The van der Waals surface area contributed by atoms with Crippen molar-refractivity contribution in [1.82, 2.24) is 5.32 Å². The molecule has 4 nitrogen and oxygen atoms in total. The topological polar surface area (TPSA) is 41.6 Å². The zero-order valence-electron chi connectivity index (χ0n) is 13.1.